The number of nitrogens with zero attached hydrogens (tertiary/aromatic N) is 1. The van der Waals surface area contributed by atoms with E-state index >= 15 is 0 Å². The maximum atomic E-state index is 13.5. The number of halogens is 3. The first-order valence-electron chi connectivity index (χ1n) is 10.4. The molecule has 5 aromatic rings. The molecule has 0 amide bonds. The number of ketones is 1. The van der Waals surface area contributed by atoms with Crippen molar-refractivity contribution in [2.45, 2.75) is 6.61 Å². The van der Waals surface area contributed by atoms with E-state index in [0.717, 1.165) is 38.0 Å². The van der Waals surface area contributed by atoms with Crippen molar-refractivity contribution >= 4 is 55.9 Å². The van der Waals surface area contributed by atoms with Gasteiger partial charge in [-0.15, -0.1) is 0 Å². The van der Waals surface area contributed by atoms with E-state index in [1.807, 2.05) is 36.4 Å². The van der Waals surface area contributed by atoms with Crippen molar-refractivity contribution in [2.24, 2.45) is 0 Å². The number of fused-ring (bicyclic) bond motifs is 4. The van der Waals surface area contributed by atoms with Gasteiger partial charge in [0.1, 0.15) is 17.9 Å². The molecule has 166 valence electrons. The Morgan fingerprint density at radius 3 is 2.56 bits per heavy atom. The average molecular weight is 551 g/mol. The van der Waals surface area contributed by atoms with E-state index in [4.69, 9.17) is 37.3 Å². The Kier molecular flexibility index (Phi) is 5.21. The molecule has 3 heterocycles. The number of furan rings is 1. The first kappa shape index (κ1) is 21.4. The number of carbonyl (C=O) groups excluding carboxylic acids is 1. The Morgan fingerprint density at radius 2 is 1.74 bits per heavy atom. The molecule has 0 saturated carbocycles. The van der Waals surface area contributed by atoms with Gasteiger partial charge < -0.3 is 9.15 Å². The van der Waals surface area contributed by atoms with E-state index in [0.29, 0.717) is 33.4 Å². The molecule has 0 spiro atoms. The van der Waals surface area contributed by atoms with Gasteiger partial charge in [-0.2, -0.15) is 0 Å². The molecule has 0 saturated heterocycles. The predicted octanol–water partition coefficient (Wildman–Crippen LogP) is 8.35. The van der Waals surface area contributed by atoms with Gasteiger partial charge in [-0.3, -0.25) is 9.78 Å². The van der Waals surface area contributed by atoms with Crippen molar-refractivity contribution in [3.8, 4) is 28.1 Å². The zero-order valence-corrected chi connectivity index (χ0v) is 20.5. The number of rotatable bonds is 3. The fraction of sp³-hybridized carbons (Fsp3) is 0.0370. The predicted molar refractivity (Wildman–Crippen MR) is 137 cm³/mol. The smallest absolute Gasteiger partial charge is 0.228 e. The number of ether oxygens (including phenoxy) is 1. The summed E-state index contributed by atoms with van der Waals surface area (Å²) < 4.78 is 12.9. The first-order chi connectivity index (χ1) is 16.5. The molecular weight excluding hydrogens is 537 g/mol. The summed E-state index contributed by atoms with van der Waals surface area (Å²) in [6.45, 7) is 0.366. The topological polar surface area (TPSA) is 52.3 Å². The molecule has 2 aromatic heterocycles. The van der Waals surface area contributed by atoms with Gasteiger partial charge in [-0.25, -0.2) is 0 Å². The van der Waals surface area contributed by atoms with Crippen molar-refractivity contribution in [3.63, 3.8) is 0 Å². The lowest BCUT2D eigenvalue weighted by Gasteiger charge is -2.20. The zero-order chi connectivity index (χ0) is 23.4. The van der Waals surface area contributed by atoms with E-state index in [-0.39, 0.29) is 11.5 Å². The molecule has 7 heteroatoms. The molecule has 1 aliphatic rings. The molecule has 6 rings (SSSR count). The molecule has 0 radical (unpaired) electrons. The molecule has 0 atom stereocenters. The number of aromatic nitrogens is 1. The molecular formula is C27H14BrCl2NO3. The zero-order valence-electron chi connectivity index (χ0n) is 17.4. The monoisotopic (exact) mass is 549 g/mol. The third-order valence-corrected chi connectivity index (χ3v) is 6.78. The summed E-state index contributed by atoms with van der Waals surface area (Å²) in [4.78, 5) is 18.2. The highest BCUT2D eigenvalue weighted by molar-refractivity contribution is 9.10. The van der Waals surface area contributed by atoms with Crippen molar-refractivity contribution in [1.29, 1.82) is 0 Å². The standard InChI is InChI=1S/C27H14BrCl2NO3/c28-17-3-7-23-20(10-17)24(27(34-23)26(32)14-1-4-18(29)5-2-14)15-9-16-13-33-22-8-6-19(30)11-21(22)25(16)31-12-15/h1-12H,13H2. The van der Waals surface area contributed by atoms with Crippen LogP contribution in [0.4, 0.5) is 0 Å². The lowest BCUT2D eigenvalue weighted by atomic mass is 9.95. The second-order valence-corrected chi connectivity index (χ2v) is 9.73. The Hall–Kier alpha value is -3.12. The number of hydrogen-bond acceptors (Lipinski definition) is 4. The summed E-state index contributed by atoms with van der Waals surface area (Å²) in [5.74, 6) is 0.760. The molecule has 4 nitrogen and oxygen atoms in total. The number of hydrogen-bond donors (Lipinski definition) is 0. The van der Waals surface area contributed by atoms with Crippen LogP contribution in [0, 0.1) is 0 Å². The second-order valence-electron chi connectivity index (χ2n) is 7.94. The van der Waals surface area contributed by atoms with Crippen LogP contribution in [0.1, 0.15) is 21.7 Å². The van der Waals surface area contributed by atoms with Gasteiger partial charge in [0.2, 0.25) is 5.78 Å². The second kappa shape index (κ2) is 8.27. The third kappa shape index (κ3) is 3.61. The van der Waals surface area contributed by atoms with E-state index < -0.39 is 0 Å². The maximum absolute atomic E-state index is 13.5. The molecule has 0 unspecified atom stereocenters. The van der Waals surface area contributed by atoms with Gasteiger partial charge in [0.05, 0.1) is 5.69 Å². The van der Waals surface area contributed by atoms with Crippen molar-refractivity contribution in [1.82, 2.24) is 4.98 Å². The Balaban J connectivity index is 1.55. The summed E-state index contributed by atoms with van der Waals surface area (Å²) >= 11 is 15.8. The van der Waals surface area contributed by atoms with Gasteiger partial charge >= 0.3 is 0 Å². The lowest BCUT2D eigenvalue weighted by molar-refractivity contribution is 0.101. The summed E-state index contributed by atoms with van der Waals surface area (Å²) in [6.07, 6.45) is 1.76. The van der Waals surface area contributed by atoms with Gasteiger partial charge in [-0.1, -0.05) is 39.1 Å². The van der Waals surface area contributed by atoms with Crippen LogP contribution < -0.4 is 4.74 Å². The molecule has 0 aliphatic carbocycles. The van der Waals surface area contributed by atoms with E-state index in [9.17, 15) is 4.79 Å². The minimum absolute atomic E-state index is 0.231. The first-order valence-corrected chi connectivity index (χ1v) is 12.0. The van der Waals surface area contributed by atoms with Crippen LogP contribution in [-0.4, -0.2) is 10.8 Å². The van der Waals surface area contributed by atoms with Crippen LogP contribution in [0.15, 0.2) is 81.8 Å². The van der Waals surface area contributed by atoms with Crippen LogP contribution in [0.3, 0.4) is 0 Å². The summed E-state index contributed by atoms with van der Waals surface area (Å²) in [6, 6.07) is 19.9. The van der Waals surface area contributed by atoms with Gasteiger partial charge in [-0.05, 0) is 66.7 Å². The highest BCUT2D eigenvalue weighted by atomic mass is 79.9. The van der Waals surface area contributed by atoms with Gasteiger partial charge in [0.15, 0.2) is 5.76 Å². The molecule has 0 bridgehead atoms. The molecule has 0 N–H and O–H groups in total. The van der Waals surface area contributed by atoms with E-state index in [2.05, 4.69) is 15.9 Å². The Morgan fingerprint density at radius 1 is 0.941 bits per heavy atom. The summed E-state index contributed by atoms with van der Waals surface area (Å²) in [5.41, 5.74) is 5.11. The molecule has 3 aromatic carbocycles. The fourth-order valence-corrected chi connectivity index (χ4v) is 4.88. The SMILES string of the molecule is O=C(c1ccc(Cl)cc1)c1oc2ccc(Br)cc2c1-c1cnc2c(c1)COc1ccc(Cl)cc1-2. The van der Waals surface area contributed by atoms with Gasteiger partial charge in [0.25, 0.3) is 0 Å². The van der Waals surface area contributed by atoms with Crippen LogP contribution in [0.2, 0.25) is 10.0 Å². The molecule has 1 aliphatic heterocycles. The van der Waals surface area contributed by atoms with Gasteiger partial charge in [0, 0.05) is 53.9 Å². The highest BCUT2D eigenvalue weighted by Crippen LogP contribution is 2.42. The van der Waals surface area contributed by atoms with E-state index in [1.165, 1.54) is 0 Å². The Labute approximate surface area is 213 Å². The highest BCUT2D eigenvalue weighted by Gasteiger charge is 2.26. The number of benzene rings is 3. The largest absolute Gasteiger partial charge is 0.488 e. The van der Waals surface area contributed by atoms with Crippen molar-refractivity contribution in [3.05, 3.63) is 104 Å². The van der Waals surface area contributed by atoms with Crippen LogP contribution in [0.25, 0.3) is 33.4 Å². The molecule has 0 fully saturated rings. The Bertz CT molecular complexity index is 1610. The molecule has 34 heavy (non-hydrogen) atoms. The van der Waals surface area contributed by atoms with Crippen molar-refractivity contribution < 1.29 is 13.9 Å². The van der Waals surface area contributed by atoms with Crippen LogP contribution in [0.5, 0.6) is 5.75 Å². The third-order valence-electron chi connectivity index (χ3n) is 5.80. The minimum atomic E-state index is -0.231. The summed E-state index contributed by atoms with van der Waals surface area (Å²) in [7, 11) is 0. The average Bonchev–Trinajstić information content (AvgIpc) is 3.22. The fourth-order valence-electron chi connectivity index (χ4n) is 4.22. The normalized spacial score (nSPS) is 12.2. The minimum Gasteiger partial charge on any atom is -0.488 e. The van der Waals surface area contributed by atoms with Crippen molar-refractivity contribution in [2.75, 3.05) is 0 Å². The summed E-state index contributed by atoms with van der Waals surface area (Å²) in [5, 5.41) is 1.99. The lowest BCUT2D eigenvalue weighted by Crippen LogP contribution is -2.08. The van der Waals surface area contributed by atoms with Crippen LogP contribution in [-0.2, 0) is 6.61 Å². The quantitative estimate of drug-likeness (QED) is 0.212. The number of pyridine rings is 1. The van der Waals surface area contributed by atoms with Crippen LogP contribution >= 0.6 is 39.1 Å². The maximum Gasteiger partial charge on any atom is 0.228 e. The van der Waals surface area contributed by atoms with E-state index in [1.54, 1.807) is 36.5 Å². The number of carbonyl (C=O) groups is 1.